The molecular weight excluding hydrogens is 308 g/mol. The molecule has 136 valence electrons. The smallest absolute Gasteiger partial charge is 0.119 e. The molecule has 3 nitrogen and oxygen atoms in total. The molecular formula is C22H32N2O. The second-order valence-corrected chi connectivity index (χ2v) is 7.87. The molecule has 0 bridgehead atoms. The number of aromatic nitrogens is 1. The topological polar surface area (TPSA) is 26.2 Å². The van der Waals surface area contributed by atoms with E-state index in [-0.39, 0.29) is 0 Å². The van der Waals surface area contributed by atoms with Crippen LogP contribution in [-0.4, -0.2) is 18.2 Å². The molecule has 25 heavy (non-hydrogen) atoms. The van der Waals surface area contributed by atoms with Crippen molar-refractivity contribution in [2.45, 2.75) is 70.9 Å². The molecule has 2 aromatic rings. The first-order chi connectivity index (χ1) is 12.3. The van der Waals surface area contributed by atoms with Gasteiger partial charge in [-0.1, -0.05) is 26.2 Å². The Kier molecular flexibility index (Phi) is 5.03. The molecule has 3 heteroatoms. The molecule has 1 fully saturated rings. The average molecular weight is 341 g/mol. The highest BCUT2D eigenvalue weighted by Crippen LogP contribution is 2.38. The zero-order valence-corrected chi connectivity index (χ0v) is 15.8. The summed E-state index contributed by atoms with van der Waals surface area (Å²) in [6, 6.07) is 7.07. The van der Waals surface area contributed by atoms with E-state index in [0.717, 1.165) is 24.6 Å². The third-order valence-corrected chi connectivity index (χ3v) is 6.35. The van der Waals surface area contributed by atoms with Crippen molar-refractivity contribution in [2.75, 3.05) is 13.7 Å². The fourth-order valence-electron chi connectivity index (χ4n) is 5.01. The first-order valence-electron chi connectivity index (χ1n) is 10.2. The van der Waals surface area contributed by atoms with Crippen molar-refractivity contribution in [1.29, 1.82) is 0 Å². The zero-order valence-electron chi connectivity index (χ0n) is 15.8. The maximum Gasteiger partial charge on any atom is 0.119 e. The van der Waals surface area contributed by atoms with Crippen molar-refractivity contribution in [3.63, 3.8) is 0 Å². The fraction of sp³-hybridized carbons (Fsp3) is 0.636. The molecule has 0 spiro atoms. The number of hydrogen-bond donors (Lipinski definition) is 1. The molecule has 0 radical (unpaired) electrons. The van der Waals surface area contributed by atoms with Crippen LogP contribution in [0.5, 0.6) is 5.75 Å². The van der Waals surface area contributed by atoms with Crippen LogP contribution in [-0.2, 0) is 13.0 Å². The zero-order chi connectivity index (χ0) is 17.2. The summed E-state index contributed by atoms with van der Waals surface area (Å²) in [7, 11) is 1.77. The van der Waals surface area contributed by atoms with Gasteiger partial charge in [-0.2, -0.15) is 0 Å². The predicted molar refractivity (Wildman–Crippen MR) is 104 cm³/mol. The van der Waals surface area contributed by atoms with Crippen LogP contribution in [0.1, 0.15) is 69.2 Å². The summed E-state index contributed by atoms with van der Waals surface area (Å²) >= 11 is 0. The number of benzene rings is 1. The highest BCUT2D eigenvalue weighted by atomic mass is 16.5. The Bertz CT molecular complexity index is 727. The molecule has 4 rings (SSSR count). The highest BCUT2D eigenvalue weighted by Gasteiger charge is 2.26. The monoisotopic (exact) mass is 340 g/mol. The van der Waals surface area contributed by atoms with E-state index < -0.39 is 0 Å². The molecule has 0 amide bonds. The van der Waals surface area contributed by atoms with Crippen molar-refractivity contribution in [2.24, 2.45) is 5.92 Å². The Balaban J connectivity index is 1.65. The van der Waals surface area contributed by atoms with Crippen molar-refractivity contribution in [3.05, 3.63) is 29.5 Å². The third-order valence-electron chi connectivity index (χ3n) is 6.35. The summed E-state index contributed by atoms with van der Waals surface area (Å²) in [4.78, 5) is 0. The lowest BCUT2D eigenvalue weighted by Gasteiger charge is -2.25. The molecule has 2 heterocycles. The van der Waals surface area contributed by atoms with Gasteiger partial charge in [-0.05, 0) is 68.3 Å². The van der Waals surface area contributed by atoms with Gasteiger partial charge in [0.15, 0.2) is 0 Å². The van der Waals surface area contributed by atoms with E-state index in [1.165, 1.54) is 62.4 Å². The van der Waals surface area contributed by atoms with Gasteiger partial charge in [-0.3, -0.25) is 0 Å². The van der Waals surface area contributed by atoms with Gasteiger partial charge in [0, 0.05) is 29.2 Å². The van der Waals surface area contributed by atoms with Crippen molar-refractivity contribution >= 4 is 10.9 Å². The molecule has 1 aliphatic carbocycles. The van der Waals surface area contributed by atoms with Gasteiger partial charge in [0.2, 0.25) is 0 Å². The van der Waals surface area contributed by atoms with E-state index in [4.69, 9.17) is 4.74 Å². The number of fused-ring (bicyclic) bond motifs is 3. The number of methoxy groups -OCH3 is 1. The van der Waals surface area contributed by atoms with Crippen LogP contribution in [0, 0.1) is 5.92 Å². The van der Waals surface area contributed by atoms with Gasteiger partial charge < -0.3 is 14.6 Å². The van der Waals surface area contributed by atoms with Gasteiger partial charge in [-0.15, -0.1) is 0 Å². The predicted octanol–water partition coefficient (Wildman–Crippen LogP) is 5.22. The number of aryl methyl sites for hydroxylation is 1. The van der Waals surface area contributed by atoms with E-state index in [9.17, 15) is 0 Å². The second kappa shape index (κ2) is 7.41. The van der Waals surface area contributed by atoms with Gasteiger partial charge in [0.25, 0.3) is 0 Å². The van der Waals surface area contributed by atoms with Gasteiger partial charge in [0.1, 0.15) is 5.75 Å². The van der Waals surface area contributed by atoms with Crippen LogP contribution in [0.2, 0.25) is 0 Å². The molecule has 1 saturated carbocycles. The molecule has 1 aliphatic heterocycles. The summed E-state index contributed by atoms with van der Waals surface area (Å²) in [6.07, 6.45) is 10.7. The maximum absolute atomic E-state index is 5.52. The number of rotatable bonds is 6. The van der Waals surface area contributed by atoms with E-state index in [1.54, 1.807) is 18.4 Å². The molecule has 1 N–H and O–H groups in total. The minimum atomic E-state index is 0.464. The SMILES string of the molecule is CC[C@H](NCC1CCCCC1)c1c2n(c3ccc(OC)cc13)CCC2. The summed E-state index contributed by atoms with van der Waals surface area (Å²) in [5.41, 5.74) is 4.50. The van der Waals surface area contributed by atoms with Crippen LogP contribution in [0.25, 0.3) is 10.9 Å². The quantitative estimate of drug-likeness (QED) is 0.780. The molecule has 1 atom stereocenters. The van der Waals surface area contributed by atoms with Crippen LogP contribution in [0.3, 0.4) is 0 Å². The minimum Gasteiger partial charge on any atom is -0.497 e. The van der Waals surface area contributed by atoms with Crippen molar-refractivity contribution in [1.82, 2.24) is 9.88 Å². The lowest BCUT2D eigenvalue weighted by Crippen LogP contribution is -2.28. The molecule has 0 unspecified atom stereocenters. The normalized spacial score (nSPS) is 19.3. The molecule has 1 aromatic heterocycles. The van der Waals surface area contributed by atoms with Gasteiger partial charge >= 0.3 is 0 Å². The second-order valence-electron chi connectivity index (χ2n) is 7.87. The van der Waals surface area contributed by atoms with Crippen molar-refractivity contribution in [3.8, 4) is 5.75 Å². The van der Waals surface area contributed by atoms with E-state index in [2.05, 4.69) is 35.0 Å². The Hall–Kier alpha value is -1.48. The summed E-state index contributed by atoms with van der Waals surface area (Å²) in [6.45, 7) is 4.66. The van der Waals surface area contributed by atoms with E-state index in [1.807, 2.05) is 0 Å². The Morgan fingerprint density at radius 1 is 1.20 bits per heavy atom. The van der Waals surface area contributed by atoms with Gasteiger partial charge in [-0.25, -0.2) is 0 Å². The molecule has 0 saturated heterocycles. The van der Waals surface area contributed by atoms with Crippen LogP contribution in [0.15, 0.2) is 18.2 Å². The highest BCUT2D eigenvalue weighted by molar-refractivity contribution is 5.88. The Morgan fingerprint density at radius 2 is 2.04 bits per heavy atom. The van der Waals surface area contributed by atoms with Crippen LogP contribution in [0.4, 0.5) is 0 Å². The summed E-state index contributed by atoms with van der Waals surface area (Å²) in [5, 5.41) is 5.35. The fourth-order valence-corrected chi connectivity index (χ4v) is 5.01. The molecule has 2 aliphatic rings. The largest absolute Gasteiger partial charge is 0.497 e. The first kappa shape index (κ1) is 17.0. The first-order valence-corrected chi connectivity index (χ1v) is 10.2. The lowest BCUT2D eigenvalue weighted by atomic mass is 9.88. The summed E-state index contributed by atoms with van der Waals surface area (Å²) in [5.74, 6) is 1.85. The van der Waals surface area contributed by atoms with Gasteiger partial charge in [0.05, 0.1) is 7.11 Å². The number of nitrogens with zero attached hydrogens (tertiary/aromatic N) is 1. The maximum atomic E-state index is 5.52. The van der Waals surface area contributed by atoms with Crippen molar-refractivity contribution < 1.29 is 4.74 Å². The number of ether oxygens (including phenoxy) is 1. The van der Waals surface area contributed by atoms with Crippen LogP contribution >= 0.6 is 0 Å². The van der Waals surface area contributed by atoms with Crippen LogP contribution < -0.4 is 10.1 Å². The molecule has 1 aromatic carbocycles. The van der Waals surface area contributed by atoms with E-state index >= 15 is 0 Å². The Labute approximate surface area is 151 Å². The summed E-state index contributed by atoms with van der Waals surface area (Å²) < 4.78 is 8.07. The third kappa shape index (κ3) is 3.19. The lowest BCUT2D eigenvalue weighted by molar-refractivity contribution is 0.326. The average Bonchev–Trinajstić information content (AvgIpc) is 3.24. The number of hydrogen-bond acceptors (Lipinski definition) is 2. The standard InChI is InChI=1S/C22H32N2O/c1-3-19(23-15-16-8-5-4-6-9-16)22-18-14-17(25-2)11-12-20(18)24-13-7-10-21(22)24/h11-12,14,16,19,23H,3-10,13,15H2,1-2H3/t19-/m0/s1. The van der Waals surface area contributed by atoms with E-state index in [0.29, 0.717) is 6.04 Å². The minimum absolute atomic E-state index is 0.464. The Morgan fingerprint density at radius 3 is 2.80 bits per heavy atom. The number of nitrogens with one attached hydrogen (secondary N) is 1.